The molecule has 0 saturated heterocycles. The molecule has 0 aliphatic rings. The van der Waals surface area contributed by atoms with E-state index in [9.17, 15) is 4.79 Å². The molecule has 2 rings (SSSR count). The summed E-state index contributed by atoms with van der Waals surface area (Å²) in [5.74, 6) is 0.189. The number of hydrogen-bond acceptors (Lipinski definition) is 3. The van der Waals surface area contributed by atoms with E-state index in [0.29, 0.717) is 13.0 Å². The van der Waals surface area contributed by atoms with Crippen LogP contribution in [0.5, 0.6) is 0 Å². The van der Waals surface area contributed by atoms with Gasteiger partial charge in [0.05, 0.1) is 0 Å². The fourth-order valence-electron chi connectivity index (χ4n) is 2.46. The van der Waals surface area contributed by atoms with Gasteiger partial charge < -0.3 is 5.73 Å². The summed E-state index contributed by atoms with van der Waals surface area (Å²) in [6.07, 6.45) is 5.88. The van der Waals surface area contributed by atoms with Crippen LogP contribution in [0, 0.1) is 5.41 Å². The van der Waals surface area contributed by atoms with Crippen molar-refractivity contribution in [1.82, 2.24) is 4.98 Å². The molecule has 3 nitrogen and oxygen atoms in total. The number of rotatable bonds is 6. The zero-order valence-corrected chi connectivity index (χ0v) is 12.2. The Hall–Kier alpha value is -1.74. The van der Waals surface area contributed by atoms with Crippen molar-refractivity contribution in [2.75, 3.05) is 6.54 Å². The van der Waals surface area contributed by atoms with E-state index in [2.05, 4.69) is 18.8 Å². The van der Waals surface area contributed by atoms with E-state index < -0.39 is 0 Å². The van der Waals surface area contributed by atoms with Crippen molar-refractivity contribution in [3.8, 4) is 0 Å². The topological polar surface area (TPSA) is 56.0 Å². The number of fused-ring (bicyclic) bond motifs is 1. The Morgan fingerprint density at radius 3 is 2.80 bits per heavy atom. The number of carbonyl (C=O) groups is 1. The second kappa shape index (κ2) is 6.14. The van der Waals surface area contributed by atoms with Gasteiger partial charge in [0, 0.05) is 29.8 Å². The Labute approximate surface area is 120 Å². The highest BCUT2D eigenvalue weighted by Gasteiger charge is 2.19. The highest BCUT2D eigenvalue weighted by atomic mass is 16.1. The van der Waals surface area contributed by atoms with Crippen molar-refractivity contribution < 1.29 is 4.79 Å². The molecule has 1 aromatic heterocycles. The zero-order chi connectivity index (χ0) is 14.6. The number of carbonyl (C=O) groups excluding carboxylic acids is 1. The largest absolute Gasteiger partial charge is 0.330 e. The lowest BCUT2D eigenvalue weighted by Gasteiger charge is -2.23. The fraction of sp³-hybridized carbons (Fsp3) is 0.412. The molecule has 0 bridgehead atoms. The second-order valence-corrected chi connectivity index (χ2v) is 6.03. The van der Waals surface area contributed by atoms with Gasteiger partial charge >= 0.3 is 0 Å². The van der Waals surface area contributed by atoms with E-state index in [4.69, 9.17) is 5.73 Å². The number of aromatic nitrogens is 1. The quantitative estimate of drug-likeness (QED) is 0.816. The molecule has 1 aromatic carbocycles. The van der Waals surface area contributed by atoms with Crippen molar-refractivity contribution >= 4 is 16.6 Å². The molecule has 3 heteroatoms. The summed E-state index contributed by atoms with van der Waals surface area (Å²) >= 11 is 0. The molecule has 20 heavy (non-hydrogen) atoms. The van der Waals surface area contributed by atoms with Crippen molar-refractivity contribution in [2.45, 2.75) is 33.1 Å². The van der Waals surface area contributed by atoms with Gasteiger partial charge in [-0.05, 0) is 36.3 Å². The molecule has 0 unspecified atom stereocenters. The third kappa shape index (κ3) is 3.42. The molecule has 1 heterocycles. The molecule has 0 spiro atoms. The fourth-order valence-corrected chi connectivity index (χ4v) is 2.46. The van der Waals surface area contributed by atoms with Crippen molar-refractivity contribution in [3.05, 3.63) is 42.2 Å². The molecule has 0 aliphatic heterocycles. The molecule has 2 N–H and O–H groups in total. The average molecular weight is 270 g/mol. The minimum absolute atomic E-state index is 0.118. The van der Waals surface area contributed by atoms with Gasteiger partial charge in [-0.25, -0.2) is 0 Å². The first kappa shape index (κ1) is 14.7. The minimum atomic E-state index is 0.118. The van der Waals surface area contributed by atoms with E-state index >= 15 is 0 Å². The summed E-state index contributed by atoms with van der Waals surface area (Å²) in [6, 6.07) is 7.76. The van der Waals surface area contributed by atoms with Gasteiger partial charge in [0.25, 0.3) is 0 Å². The van der Waals surface area contributed by atoms with E-state index in [-0.39, 0.29) is 11.2 Å². The first-order valence-corrected chi connectivity index (χ1v) is 7.09. The second-order valence-electron chi connectivity index (χ2n) is 6.03. The molecule has 0 fully saturated rings. The third-order valence-corrected chi connectivity index (χ3v) is 3.83. The molecule has 2 aromatic rings. The van der Waals surface area contributed by atoms with E-state index in [1.165, 1.54) is 0 Å². The van der Waals surface area contributed by atoms with Gasteiger partial charge in [-0.15, -0.1) is 0 Å². The van der Waals surface area contributed by atoms with Crippen LogP contribution in [0.15, 0.2) is 36.7 Å². The summed E-state index contributed by atoms with van der Waals surface area (Å²) in [5, 5.41) is 2.00. The van der Waals surface area contributed by atoms with Crippen LogP contribution in [0.4, 0.5) is 0 Å². The third-order valence-electron chi connectivity index (χ3n) is 3.83. The number of nitrogens with two attached hydrogens (primary N) is 1. The standard InChI is InChI=1S/C17H22N2O/c1-17(2,9-10-18)8-6-16(20)14-5-3-4-13-7-11-19-12-15(13)14/h3-5,7,11-12H,6,8-10,18H2,1-2H3. The van der Waals surface area contributed by atoms with Crippen LogP contribution in [0.25, 0.3) is 10.8 Å². The lowest BCUT2D eigenvalue weighted by atomic mass is 9.83. The van der Waals surface area contributed by atoms with Crippen LogP contribution in [-0.4, -0.2) is 17.3 Å². The lowest BCUT2D eigenvalue weighted by Crippen LogP contribution is -2.18. The van der Waals surface area contributed by atoms with Crippen LogP contribution in [0.3, 0.4) is 0 Å². The number of nitrogens with zero attached hydrogens (tertiary/aromatic N) is 1. The molecule has 0 amide bonds. The Kier molecular flexibility index (Phi) is 4.50. The Morgan fingerprint density at radius 1 is 1.25 bits per heavy atom. The van der Waals surface area contributed by atoms with Gasteiger partial charge in [-0.1, -0.05) is 32.0 Å². The Morgan fingerprint density at radius 2 is 2.05 bits per heavy atom. The monoisotopic (exact) mass is 270 g/mol. The molecule has 0 aliphatic carbocycles. The highest BCUT2D eigenvalue weighted by molar-refractivity contribution is 6.07. The van der Waals surface area contributed by atoms with Crippen LogP contribution >= 0.6 is 0 Å². The predicted molar refractivity (Wildman–Crippen MR) is 82.8 cm³/mol. The van der Waals surface area contributed by atoms with Crippen LogP contribution in [0.1, 0.15) is 43.5 Å². The maximum Gasteiger partial charge on any atom is 0.163 e. The van der Waals surface area contributed by atoms with Crippen LogP contribution in [-0.2, 0) is 0 Å². The maximum atomic E-state index is 12.5. The van der Waals surface area contributed by atoms with Crippen LogP contribution < -0.4 is 5.73 Å². The number of Topliss-reactive ketones (excluding diaryl/α,β-unsaturated/α-hetero) is 1. The summed E-state index contributed by atoms with van der Waals surface area (Å²) in [6.45, 7) is 5.00. The van der Waals surface area contributed by atoms with Crippen molar-refractivity contribution in [2.24, 2.45) is 11.1 Å². The molecule has 0 saturated carbocycles. The number of benzene rings is 1. The molecule has 0 radical (unpaired) electrons. The van der Waals surface area contributed by atoms with E-state index in [1.807, 2.05) is 24.3 Å². The normalized spacial score (nSPS) is 11.8. The highest BCUT2D eigenvalue weighted by Crippen LogP contribution is 2.28. The number of pyridine rings is 1. The maximum absolute atomic E-state index is 12.5. The van der Waals surface area contributed by atoms with Crippen molar-refractivity contribution in [3.63, 3.8) is 0 Å². The molecular weight excluding hydrogens is 248 g/mol. The van der Waals surface area contributed by atoms with Gasteiger partial charge in [-0.2, -0.15) is 0 Å². The first-order valence-electron chi connectivity index (χ1n) is 7.09. The lowest BCUT2D eigenvalue weighted by molar-refractivity contribution is 0.0963. The molecule has 0 atom stereocenters. The Bertz CT molecular complexity index is 599. The van der Waals surface area contributed by atoms with E-state index in [1.54, 1.807) is 12.4 Å². The summed E-state index contributed by atoms with van der Waals surface area (Å²) in [5.41, 5.74) is 6.51. The molecule has 106 valence electrons. The van der Waals surface area contributed by atoms with Gasteiger partial charge in [-0.3, -0.25) is 9.78 Å². The molecular formula is C17H22N2O. The van der Waals surface area contributed by atoms with Gasteiger partial charge in [0.1, 0.15) is 0 Å². The van der Waals surface area contributed by atoms with Gasteiger partial charge in [0.2, 0.25) is 0 Å². The van der Waals surface area contributed by atoms with Crippen molar-refractivity contribution in [1.29, 1.82) is 0 Å². The predicted octanol–water partition coefficient (Wildman–Crippen LogP) is 3.57. The Balaban J connectivity index is 2.16. The summed E-state index contributed by atoms with van der Waals surface area (Å²) < 4.78 is 0. The van der Waals surface area contributed by atoms with E-state index in [0.717, 1.165) is 29.2 Å². The van der Waals surface area contributed by atoms with Gasteiger partial charge in [0.15, 0.2) is 5.78 Å². The smallest absolute Gasteiger partial charge is 0.163 e. The zero-order valence-electron chi connectivity index (χ0n) is 12.2. The first-order chi connectivity index (χ1) is 9.53. The SMILES string of the molecule is CC(C)(CCN)CCC(=O)c1cccc2ccncc12. The summed E-state index contributed by atoms with van der Waals surface area (Å²) in [4.78, 5) is 16.6. The summed E-state index contributed by atoms with van der Waals surface area (Å²) in [7, 11) is 0. The van der Waals surface area contributed by atoms with Crippen LogP contribution in [0.2, 0.25) is 0 Å². The minimum Gasteiger partial charge on any atom is -0.330 e. The average Bonchev–Trinajstić information content (AvgIpc) is 2.44. The number of ketones is 1. The number of hydrogen-bond donors (Lipinski definition) is 1.